The SMILES string of the molecule is CCCn1cc(S(=O)(=O)N2CCCSCC2)c(N)n1. The highest BCUT2D eigenvalue weighted by molar-refractivity contribution is 7.99. The molecule has 0 radical (unpaired) electrons. The van der Waals surface area contributed by atoms with Crippen molar-refractivity contribution in [3.63, 3.8) is 0 Å². The smallest absolute Gasteiger partial charge is 0.248 e. The first-order chi connectivity index (χ1) is 9.05. The predicted octanol–water partition coefficient (Wildman–Crippen LogP) is 1.00. The number of aryl methyl sites for hydroxylation is 1. The Morgan fingerprint density at radius 2 is 2.21 bits per heavy atom. The van der Waals surface area contributed by atoms with Crippen LogP contribution in [0.15, 0.2) is 11.1 Å². The minimum Gasteiger partial charge on any atom is -0.381 e. The summed E-state index contributed by atoms with van der Waals surface area (Å²) in [7, 11) is -3.50. The van der Waals surface area contributed by atoms with E-state index >= 15 is 0 Å². The van der Waals surface area contributed by atoms with Crippen molar-refractivity contribution in [3.05, 3.63) is 6.20 Å². The van der Waals surface area contributed by atoms with Crippen LogP contribution in [0.5, 0.6) is 0 Å². The third-order valence-electron chi connectivity index (χ3n) is 3.01. The molecule has 0 spiro atoms. The van der Waals surface area contributed by atoms with Crippen molar-refractivity contribution in [1.29, 1.82) is 0 Å². The summed E-state index contributed by atoms with van der Waals surface area (Å²) in [6.45, 7) is 3.80. The Morgan fingerprint density at radius 1 is 1.42 bits per heavy atom. The van der Waals surface area contributed by atoms with E-state index in [0.29, 0.717) is 19.6 Å². The Kier molecular flexibility index (Phi) is 4.75. The Hall–Kier alpha value is -0.730. The number of nitrogens with zero attached hydrogens (tertiary/aromatic N) is 3. The number of sulfonamides is 1. The molecule has 1 aliphatic rings. The van der Waals surface area contributed by atoms with E-state index in [-0.39, 0.29) is 10.7 Å². The van der Waals surface area contributed by atoms with Crippen LogP contribution in [0.25, 0.3) is 0 Å². The zero-order valence-corrected chi connectivity index (χ0v) is 12.7. The van der Waals surface area contributed by atoms with Gasteiger partial charge >= 0.3 is 0 Å². The average Bonchev–Trinajstić information content (AvgIpc) is 2.60. The molecular formula is C11H20N4O2S2. The minimum atomic E-state index is -3.50. The zero-order valence-electron chi connectivity index (χ0n) is 11.1. The number of nitrogens with two attached hydrogens (primary N) is 1. The topological polar surface area (TPSA) is 81.2 Å². The van der Waals surface area contributed by atoms with Crippen LogP contribution in [0.2, 0.25) is 0 Å². The molecule has 2 N–H and O–H groups in total. The van der Waals surface area contributed by atoms with Crippen LogP contribution in [-0.2, 0) is 16.6 Å². The highest BCUT2D eigenvalue weighted by atomic mass is 32.2. The first-order valence-electron chi connectivity index (χ1n) is 6.46. The summed E-state index contributed by atoms with van der Waals surface area (Å²) in [5.74, 6) is 1.95. The average molecular weight is 304 g/mol. The quantitative estimate of drug-likeness (QED) is 0.897. The molecule has 2 heterocycles. The summed E-state index contributed by atoms with van der Waals surface area (Å²) in [6, 6.07) is 0. The molecule has 1 fully saturated rings. The fourth-order valence-corrected chi connectivity index (χ4v) is 4.60. The molecule has 8 heteroatoms. The number of hydrogen-bond donors (Lipinski definition) is 1. The van der Waals surface area contributed by atoms with Crippen molar-refractivity contribution in [3.8, 4) is 0 Å². The van der Waals surface area contributed by atoms with Gasteiger partial charge in [0.25, 0.3) is 0 Å². The Bertz CT molecular complexity index is 519. The molecule has 1 saturated heterocycles. The molecule has 0 aliphatic carbocycles. The second-order valence-electron chi connectivity index (χ2n) is 4.51. The van der Waals surface area contributed by atoms with Gasteiger partial charge in [-0.2, -0.15) is 21.2 Å². The van der Waals surface area contributed by atoms with E-state index in [1.807, 2.05) is 6.92 Å². The Balaban J connectivity index is 2.27. The van der Waals surface area contributed by atoms with Gasteiger partial charge in [-0.05, 0) is 18.6 Å². The molecule has 2 rings (SSSR count). The molecule has 0 bridgehead atoms. The van der Waals surface area contributed by atoms with Gasteiger partial charge in [0.1, 0.15) is 4.90 Å². The number of thioether (sulfide) groups is 1. The van der Waals surface area contributed by atoms with E-state index in [2.05, 4.69) is 5.10 Å². The van der Waals surface area contributed by atoms with Crippen molar-refractivity contribution in [2.45, 2.75) is 31.2 Å². The number of rotatable bonds is 4. The number of nitrogen functional groups attached to an aromatic ring is 1. The van der Waals surface area contributed by atoms with E-state index in [9.17, 15) is 8.42 Å². The van der Waals surface area contributed by atoms with Crippen LogP contribution in [0.3, 0.4) is 0 Å². The second-order valence-corrected chi connectivity index (χ2v) is 7.64. The van der Waals surface area contributed by atoms with Crippen LogP contribution in [-0.4, -0.2) is 47.1 Å². The van der Waals surface area contributed by atoms with Gasteiger partial charge in [-0.1, -0.05) is 6.92 Å². The van der Waals surface area contributed by atoms with Crippen LogP contribution in [0.4, 0.5) is 5.82 Å². The number of anilines is 1. The molecule has 1 aliphatic heterocycles. The molecule has 0 saturated carbocycles. The summed E-state index contributed by atoms with van der Waals surface area (Å²) >= 11 is 1.79. The van der Waals surface area contributed by atoms with Gasteiger partial charge in [-0.3, -0.25) is 4.68 Å². The summed E-state index contributed by atoms with van der Waals surface area (Å²) in [6.07, 6.45) is 3.32. The fraction of sp³-hybridized carbons (Fsp3) is 0.727. The first-order valence-corrected chi connectivity index (χ1v) is 9.06. The number of hydrogen-bond acceptors (Lipinski definition) is 5. The van der Waals surface area contributed by atoms with Crippen LogP contribution in [0, 0.1) is 0 Å². The van der Waals surface area contributed by atoms with Crippen molar-refractivity contribution in [1.82, 2.24) is 14.1 Å². The zero-order chi connectivity index (χ0) is 13.9. The van der Waals surface area contributed by atoms with E-state index < -0.39 is 10.0 Å². The van der Waals surface area contributed by atoms with Crippen molar-refractivity contribution in [2.75, 3.05) is 30.3 Å². The lowest BCUT2D eigenvalue weighted by atomic mass is 10.5. The standard InChI is InChI=1S/C11H20N4O2S2/c1-2-4-14-9-10(11(12)13-14)19(16,17)15-5-3-7-18-8-6-15/h9H,2-8H2,1H3,(H2,12,13). The summed E-state index contributed by atoms with van der Waals surface area (Å²) in [4.78, 5) is 0.146. The maximum Gasteiger partial charge on any atom is 0.248 e. The van der Waals surface area contributed by atoms with Crippen LogP contribution >= 0.6 is 11.8 Å². The van der Waals surface area contributed by atoms with Crippen molar-refractivity contribution in [2.24, 2.45) is 0 Å². The Labute approximate surface area is 118 Å². The third-order valence-corrected chi connectivity index (χ3v) is 5.97. The van der Waals surface area contributed by atoms with E-state index in [4.69, 9.17) is 5.73 Å². The van der Waals surface area contributed by atoms with Crippen molar-refractivity contribution < 1.29 is 8.42 Å². The van der Waals surface area contributed by atoms with Crippen molar-refractivity contribution >= 4 is 27.6 Å². The van der Waals surface area contributed by atoms with Gasteiger partial charge in [0.2, 0.25) is 10.0 Å². The summed E-state index contributed by atoms with van der Waals surface area (Å²) < 4.78 is 28.3. The molecule has 0 unspecified atom stereocenters. The van der Waals surface area contributed by atoms with Gasteiger partial charge in [0, 0.05) is 31.6 Å². The summed E-state index contributed by atoms with van der Waals surface area (Å²) in [5.41, 5.74) is 5.76. The molecule has 19 heavy (non-hydrogen) atoms. The van der Waals surface area contributed by atoms with Gasteiger partial charge in [0.05, 0.1) is 0 Å². The lowest BCUT2D eigenvalue weighted by Crippen LogP contribution is -2.33. The first kappa shape index (κ1) is 14.7. The maximum atomic E-state index is 12.6. The summed E-state index contributed by atoms with van der Waals surface area (Å²) in [5, 5.41) is 4.07. The monoisotopic (exact) mass is 304 g/mol. The molecule has 1 aromatic rings. The molecule has 108 valence electrons. The fourth-order valence-electron chi connectivity index (χ4n) is 2.06. The second kappa shape index (κ2) is 6.15. The maximum absolute atomic E-state index is 12.6. The van der Waals surface area contributed by atoms with Gasteiger partial charge < -0.3 is 5.73 Å². The van der Waals surface area contributed by atoms with Gasteiger partial charge in [-0.25, -0.2) is 8.42 Å². The number of aromatic nitrogens is 2. The largest absolute Gasteiger partial charge is 0.381 e. The Morgan fingerprint density at radius 3 is 2.95 bits per heavy atom. The van der Waals surface area contributed by atoms with Crippen LogP contribution < -0.4 is 5.73 Å². The molecular weight excluding hydrogens is 284 g/mol. The van der Waals surface area contributed by atoms with Gasteiger partial charge in [-0.15, -0.1) is 0 Å². The van der Waals surface area contributed by atoms with E-state index in [1.165, 1.54) is 4.31 Å². The third kappa shape index (κ3) is 3.24. The molecule has 0 aromatic carbocycles. The lowest BCUT2D eigenvalue weighted by molar-refractivity contribution is 0.435. The molecule has 1 aromatic heterocycles. The molecule has 0 amide bonds. The highest BCUT2D eigenvalue weighted by Crippen LogP contribution is 2.23. The van der Waals surface area contributed by atoms with Crippen LogP contribution in [0.1, 0.15) is 19.8 Å². The highest BCUT2D eigenvalue weighted by Gasteiger charge is 2.29. The molecule has 6 nitrogen and oxygen atoms in total. The predicted molar refractivity (Wildman–Crippen MR) is 77.6 cm³/mol. The molecule has 0 atom stereocenters. The van der Waals surface area contributed by atoms with E-state index in [1.54, 1.807) is 22.6 Å². The van der Waals surface area contributed by atoms with E-state index in [0.717, 1.165) is 24.3 Å². The normalized spacial score (nSPS) is 18.4. The minimum absolute atomic E-state index is 0.102. The van der Waals surface area contributed by atoms with Gasteiger partial charge in [0.15, 0.2) is 5.82 Å². The lowest BCUT2D eigenvalue weighted by Gasteiger charge is -2.18.